The molecule has 12 heteroatoms. The monoisotopic (exact) mass is 590 g/mol. The first-order valence-corrected chi connectivity index (χ1v) is 15.5. The van der Waals surface area contributed by atoms with Crippen molar-refractivity contribution >= 4 is 16.1 Å². The molecule has 3 fully saturated rings. The number of fused-ring (bicyclic) bond motifs is 1. The topological polar surface area (TPSA) is 133 Å². The molecular formula is C29H38N2O9S. The van der Waals surface area contributed by atoms with Gasteiger partial charge in [-0.1, -0.05) is 47.6 Å². The predicted molar refractivity (Wildman–Crippen MR) is 147 cm³/mol. The van der Waals surface area contributed by atoms with E-state index in [0.29, 0.717) is 12.4 Å². The van der Waals surface area contributed by atoms with Gasteiger partial charge in [0.05, 0.1) is 55.9 Å². The molecule has 2 heterocycles. The minimum absolute atomic E-state index is 0.00467. The summed E-state index contributed by atoms with van der Waals surface area (Å²) in [5, 5.41) is 14.2. The molecule has 11 nitrogen and oxygen atoms in total. The molecule has 2 aromatic rings. The number of carbonyl (C=O) groups excluding carboxylic acids is 1. The van der Waals surface area contributed by atoms with Gasteiger partial charge in [0.25, 0.3) is 10.0 Å². The highest BCUT2D eigenvalue weighted by Crippen LogP contribution is 2.33. The molecule has 1 amide bonds. The van der Waals surface area contributed by atoms with E-state index in [1.165, 1.54) is 19.2 Å². The van der Waals surface area contributed by atoms with Gasteiger partial charge in [0, 0.05) is 0 Å². The van der Waals surface area contributed by atoms with Gasteiger partial charge in [0.15, 0.2) is 6.29 Å². The van der Waals surface area contributed by atoms with Gasteiger partial charge in [0.1, 0.15) is 11.9 Å². The Morgan fingerprint density at radius 3 is 2.51 bits per heavy atom. The highest BCUT2D eigenvalue weighted by molar-refractivity contribution is 7.89. The fourth-order valence-electron chi connectivity index (χ4n) is 5.52. The summed E-state index contributed by atoms with van der Waals surface area (Å²) in [6, 6.07) is 14.4. The number of amides is 1. The third-order valence-corrected chi connectivity index (χ3v) is 9.48. The average Bonchev–Trinajstić information content (AvgIpc) is 3.74. The number of alkyl carbamates (subject to hydrolysis) is 1. The van der Waals surface area contributed by atoms with Gasteiger partial charge in [-0.25, -0.2) is 13.2 Å². The highest BCUT2D eigenvalue weighted by atomic mass is 32.2. The number of nitrogens with one attached hydrogen (secondary N) is 1. The van der Waals surface area contributed by atoms with Crippen molar-refractivity contribution in [3.63, 3.8) is 0 Å². The van der Waals surface area contributed by atoms with Crippen LogP contribution in [-0.4, -0.2) is 81.6 Å². The lowest BCUT2D eigenvalue weighted by molar-refractivity contribution is -0.145. The number of nitrogens with zero attached hydrogens (tertiary/aromatic N) is 1. The maximum atomic E-state index is 13.7. The van der Waals surface area contributed by atoms with Gasteiger partial charge in [-0.15, -0.1) is 0 Å². The molecule has 2 N–H and O–H groups in total. The van der Waals surface area contributed by atoms with E-state index in [4.69, 9.17) is 23.8 Å². The van der Waals surface area contributed by atoms with Crippen LogP contribution in [0, 0.1) is 5.92 Å². The summed E-state index contributed by atoms with van der Waals surface area (Å²) in [5.74, 6) is 0.476. The summed E-state index contributed by atoms with van der Waals surface area (Å²) in [7, 11) is -2.65. The highest BCUT2D eigenvalue weighted by Gasteiger charge is 2.44. The van der Waals surface area contributed by atoms with Crippen molar-refractivity contribution < 1.29 is 42.1 Å². The van der Waals surface area contributed by atoms with Crippen LogP contribution >= 0.6 is 0 Å². The van der Waals surface area contributed by atoms with Gasteiger partial charge in [0.2, 0.25) is 0 Å². The Balaban J connectivity index is 1.33. The van der Waals surface area contributed by atoms with E-state index in [1.54, 1.807) is 12.1 Å². The lowest BCUT2D eigenvalue weighted by atomic mass is 10.0. The number of benzene rings is 2. The van der Waals surface area contributed by atoms with Crippen LogP contribution in [0.5, 0.6) is 5.75 Å². The molecule has 0 unspecified atom stereocenters. The lowest BCUT2D eigenvalue weighted by Crippen LogP contribution is -2.51. The van der Waals surface area contributed by atoms with Gasteiger partial charge < -0.3 is 29.4 Å². The molecular weight excluding hydrogens is 552 g/mol. The molecule has 1 saturated carbocycles. The Labute approximate surface area is 240 Å². The normalized spacial score (nSPS) is 24.2. The Bertz CT molecular complexity index is 1240. The summed E-state index contributed by atoms with van der Waals surface area (Å²) in [6.07, 6.45) is 1.13. The van der Waals surface area contributed by atoms with Crippen molar-refractivity contribution in [2.24, 2.45) is 5.92 Å². The molecule has 1 aliphatic carbocycles. The number of aliphatic hydroxyl groups excluding tert-OH is 1. The van der Waals surface area contributed by atoms with E-state index in [2.05, 4.69) is 5.32 Å². The number of hydrogen-bond donors (Lipinski definition) is 2. The molecule has 2 aliphatic heterocycles. The number of rotatable bonds is 12. The van der Waals surface area contributed by atoms with Gasteiger partial charge >= 0.3 is 6.09 Å². The quantitative estimate of drug-likeness (QED) is 0.358. The van der Waals surface area contributed by atoms with Crippen LogP contribution in [0.1, 0.15) is 37.7 Å². The first-order valence-electron chi connectivity index (χ1n) is 14.1. The zero-order valence-corrected chi connectivity index (χ0v) is 23.9. The fourth-order valence-corrected chi connectivity index (χ4v) is 6.82. The predicted octanol–water partition coefficient (Wildman–Crippen LogP) is 3.02. The molecule has 2 aromatic carbocycles. The molecule has 0 spiro atoms. The lowest BCUT2D eigenvalue weighted by Gasteiger charge is -2.31. The van der Waals surface area contributed by atoms with Crippen molar-refractivity contribution in [1.29, 1.82) is 0 Å². The smallest absolute Gasteiger partial charge is 0.407 e. The van der Waals surface area contributed by atoms with Crippen LogP contribution in [-0.2, 0) is 35.5 Å². The van der Waals surface area contributed by atoms with Crippen LogP contribution < -0.4 is 10.1 Å². The van der Waals surface area contributed by atoms with E-state index in [0.717, 1.165) is 42.1 Å². The number of hydrogen-bond acceptors (Lipinski definition) is 9. The summed E-state index contributed by atoms with van der Waals surface area (Å²) < 4.78 is 50.2. The van der Waals surface area contributed by atoms with Gasteiger partial charge in [-0.3, -0.25) is 4.84 Å². The Morgan fingerprint density at radius 1 is 1.07 bits per heavy atom. The molecule has 0 aromatic heterocycles. The molecule has 0 bridgehead atoms. The molecule has 2 saturated heterocycles. The second-order valence-electron chi connectivity index (χ2n) is 10.7. The third-order valence-electron chi connectivity index (χ3n) is 7.84. The Kier molecular flexibility index (Phi) is 9.79. The van der Waals surface area contributed by atoms with Gasteiger partial charge in [-0.05, 0) is 55.5 Å². The minimum Gasteiger partial charge on any atom is -0.497 e. The largest absolute Gasteiger partial charge is 0.497 e. The van der Waals surface area contributed by atoms with Crippen molar-refractivity contribution in [2.45, 2.75) is 74.1 Å². The first-order chi connectivity index (χ1) is 19.8. The van der Waals surface area contributed by atoms with E-state index in [9.17, 15) is 18.3 Å². The number of aliphatic hydroxyl groups is 1. The van der Waals surface area contributed by atoms with Crippen molar-refractivity contribution in [1.82, 2.24) is 9.79 Å². The minimum atomic E-state index is -4.15. The first kappa shape index (κ1) is 29.7. The second-order valence-corrected chi connectivity index (χ2v) is 12.5. The van der Waals surface area contributed by atoms with Crippen molar-refractivity contribution in [3.05, 3.63) is 60.2 Å². The van der Waals surface area contributed by atoms with Crippen LogP contribution in [0.25, 0.3) is 0 Å². The van der Waals surface area contributed by atoms with Crippen LogP contribution in [0.2, 0.25) is 0 Å². The van der Waals surface area contributed by atoms with E-state index in [1.807, 2.05) is 30.3 Å². The number of sulfonamides is 1. The summed E-state index contributed by atoms with van der Waals surface area (Å²) in [6.45, 7) is 0.386. The van der Waals surface area contributed by atoms with Crippen LogP contribution in [0.3, 0.4) is 0 Å². The Hall–Kier alpha value is -2.74. The van der Waals surface area contributed by atoms with E-state index in [-0.39, 0.29) is 36.2 Å². The average molecular weight is 591 g/mol. The number of hydroxylamine groups is 1. The summed E-state index contributed by atoms with van der Waals surface area (Å²) in [4.78, 5) is 19.0. The van der Waals surface area contributed by atoms with E-state index >= 15 is 0 Å². The third kappa shape index (κ3) is 7.37. The standard InChI is InChI=1S/C29H38N2O9S/c1-36-21-11-13-23(14-12-21)41(34,35)31(40-22-9-5-6-10-22)18-26(32)25(17-20-7-3-2-4-8-20)30-29(33)39-27-19-38-28-24(27)15-16-37-28/h2-4,7-8,11-14,22,24-28,32H,5-6,9-10,15-19H2,1H3,(H,30,33)/t24-,25-,26+,27+,28+/m0/s1. The number of ether oxygens (including phenoxy) is 4. The molecule has 5 atom stereocenters. The van der Waals surface area contributed by atoms with Crippen LogP contribution in [0.4, 0.5) is 4.79 Å². The van der Waals surface area contributed by atoms with Gasteiger partial charge in [-0.2, -0.15) is 0 Å². The van der Waals surface area contributed by atoms with Crippen molar-refractivity contribution in [3.8, 4) is 5.75 Å². The maximum Gasteiger partial charge on any atom is 0.407 e. The summed E-state index contributed by atoms with van der Waals surface area (Å²) >= 11 is 0. The number of methoxy groups -OCH3 is 1. The van der Waals surface area contributed by atoms with Crippen molar-refractivity contribution in [2.75, 3.05) is 26.9 Å². The SMILES string of the molecule is COc1ccc(S(=O)(=O)N(C[C@@H](O)[C@H](Cc2ccccc2)NC(=O)O[C@@H]2CO[C@H]3OCC[C@H]32)OC2CCCC2)cc1. The fraction of sp³-hybridized carbons (Fsp3) is 0.552. The second kappa shape index (κ2) is 13.5. The molecule has 0 radical (unpaired) electrons. The zero-order chi connectivity index (χ0) is 28.8. The summed E-state index contributed by atoms with van der Waals surface area (Å²) in [5.41, 5.74) is 0.853. The zero-order valence-electron chi connectivity index (χ0n) is 23.1. The molecule has 3 aliphatic rings. The molecule has 224 valence electrons. The number of carbonyl (C=O) groups is 1. The maximum absolute atomic E-state index is 13.7. The molecule has 41 heavy (non-hydrogen) atoms. The Morgan fingerprint density at radius 2 is 1.80 bits per heavy atom. The van der Waals surface area contributed by atoms with Crippen LogP contribution in [0.15, 0.2) is 59.5 Å². The molecule has 5 rings (SSSR count). The van der Waals surface area contributed by atoms with E-state index < -0.39 is 40.9 Å².